The van der Waals surface area contributed by atoms with Crippen molar-refractivity contribution in [1.82, 2.24) is 5.32 Å². The Labute approximate surface area is 123 Å². The zero-order valence-corrected chi connectivity index (χ0v) is 12.2. The number of urea groups is 1. The number of carbonyl (C=O) groups excluding carboxylic acids is 1. The molecule has 1 aliphatic heterocycles. The maximum Gasteiger partial charge on any atom is 0.321 e. The van der Waals surface area contributed by atoms with Gasteiger partial charge in [-0.15, -0.1) is 0 Å². The molecule has 1 fully saturated rings. The number of anilines is 1. The summed E-state index contributed by atoms with van der Waals surface area (Å²) in [6.07, 6.45) is 3.23. The van der Waals surface area contributed by atoms with Gasteiger partial charge in [-0.25, -0.2) is 4.79 Å². The van der Waals surface area contributed by atoms with Crippen LogP contribution in [0, 0.1) is 12.3 Å². The number of aryl methyl sites for hydroxylation is 2. The van der Waals surface area contributed by atoms with Gasteiger partial charge in [-0.3, -0.25) is 9.69 Å². The first kappa shape index (κ1) is 13.9. The molecular weight excluding hydrogens is 268 g/mol. The van der Waals surface area contributed by atoms with Crippen molar-refractivity contribution in [3.8, 4) is 0 Å². The van der Waals surface area contributed by atoms with Crippen LogP contribution in [0.25, 0.3) is 0 Å². The molecule has 3 rings (SSSR count). The van der Waals surface area contributed by atoms with Gasteiger partial charge in [-0.2, -0.15) is 0 Å². The summed E-state index contributed by atoms with van der Waals surface area (Å²) in [5, 5.41) is 11.9. The molecule has 0 saturated heterocycles. The van der Waals surface area contributed by atoms with Gasteiger partial charge in [0.05, 0.1) is 5.41 Å². The molecule has 1 aliphatic carbocycles. The number of hydrogen-bond acceptors (Lipinski definition) is 2. The Morgan fingerprint density at radius 3 is 2.81 bits per heavy atom. The molecule has 1 saturated carbocycles. The number of aliphatic carboxylic acids is 1. The zero-order valence-electron chi connectivity index (χ0n) is 12.2. The van der Waals surface area contributed by atoms with Gasteiger partial charge in [-0.05, 0) is 44.2 Å². The lowest BCUT2D eigenvalue weighted by Gasteiger charge is -2.30. The van der Waals surface area contributed by atoms with E-state index in [4.69, 9.17) is 5.11 Å². The summed E-state index contributed by atoms with van der Waals surface area (Å²) in [5.41, 5.74) is 2.61. The Kier molecular flexibility index (Phi) is 3.35. The third-order valence-electron chi connectivity index (χ3n) is 4.48. The van der Waals surface area contributed by atoms with Crippen molar-refractivity contribution in [3.05, 3.63) is 29.3 Å². The number of amides is 2. The van der Waals surface area contributed by atoms with Gasteiger partial charge < -0.3 is 10.4 Å². The molecule has 1 aromatic rings. The van der Waals surface area contributed by atoms with Crippen molar-refractivity contribution in [3.63, 3.8) is 0 Å². The average molecular weight is 288 g/mol. The Hall–Kier alpha value is -2.04. The molecule has 112 valence electrons. The molecule has 1 aromatic carbocycles. The van der Waals surface area contributed by atoms with E-state index in [1.807, 2.05) is 19.1 Å². The largest absolute Gasteiger partial charge is 0.481 e. The molecular formula is C16H20N2O3. The number of fused-ring (bicyclic) bond motifs is 1. The first-order valence-corrected chi connectivity index (χ1v) is 7.40. The van der Waals surface area contributed by atoms with E-state index >= 15 is 0 Å². The summed E-state index contributed by atoms with van der Waals surface area (Å²) < 4.78 is 0. The minimum Gasteiger partial charge on any atom is -0.481 e. The third kappa shape index (κ3) is 2.60. The van der Waals surface area contributed by atoms with E-state index < -0.39 is 11.4 Å². The van der Waals surface area contributed by atoms with E-state index in [1.165, 1.54) is 11.1 Å². The smallest absolute Gasteiger partial charge is 0.321 e. The summed E-state index contributed by atoms with van der Waals surface area (Å²) in [5.74, 6) is -0.808. The molecule has 0 aromatic heterocycles. The van der Waals surface area contributed by atoms with Crippen molar-refractivity contribution in [2.45, 2.75) is 32.6 Å². The molecule has 5 heteroatoms. The SMILES string of the molecule is Cc1ccc2c(c1)CCCN2C(=O)NCC1(C(=O)O)CC1. The fraction of sp³-hybridized carbons (Fsp3) is 0.500. The monoisotopic (exact) mass is 288 g/mol. The van der Waals surface area contributed by atoms with E-state index in [0.29, 0.717) is 19.4 Å². The first-order chi connectivity index (χ1) is 10.0. The minimum atomic E-state index is -0.808. The Morgan fingerprint density at radius 1 is 1.38 bits per heavy atom. The van der Waals surface area contributed by atoms with E-state index in [-0.39, 0.29) is 12.6 Å². The Balaban J connectivity index is 1.70. The number of nitrogens with one attached hydrogen (secondary N) is 1. The van der Waals surface area contributed by atoms with E-state index in [1.54, 1.807) is 4.90 Å². The van der Waals surface area contributed by atoms with Crippen LogP contribution in [0.4, 0.5) is 10.5 Å². The third-order valence-corrected chi connectivity index (χ3v) is 4.48. The quantitative estimate of drug-likeness (QED) is 0.896. The van der Waals surface area contributed by atoms with Crippen LogP contribution in [-0.2, 0) is 11.2 Å². The van der Waals surface area contributed by atoms with Gasteiger partial charge in [0.25, 0.3) is 0 Å². The van der Waals surface area contributed by atoms with Gasteiger partial charge in [0.2, 0.25) is 0 Å². The van der Waals surface area contributed by atoms with E-state index in [9.17, 15) is 9.59 Å². The fourth-order valence-corrected chi connectivity index (χ4v) is 2.89. The molecule has 0 unspecified atom stereocenters. The van der Waals surface area contributed by atoms with E-state index in [0.717, 1.165) is 18.5 Å². The highest BCUT2D eigenvalue weighted by atomic mass is 16.4. The van der Waals surface area contributed by atoms with Crippen LogP contribution >= 0.6 is 0 Å². The second-order valence-corrected chi connectivity index (χ2v) is 6.13. The van der Waals surface area contributed by atoms with Crippen molar-refractivity contribution >= 4 is 17.7 Å². The number of rotatable bonds is 3. The molecule has 2 aliphatic rings. The molecule has 0 bridgehead atoms. The summed E-state index contributed by atoms with van der Waals surface area (Å²) in [7, 11) is 0. The minimum absolute atomic E-state index is 0.188. The molecule has 5 nitrogen and oxygen atoms in total. The number of carboxylic acids is 1. The van der Waals surface area contributed by atoms with Gasteiger partial charge in [0.1, 0.15) is 0 Å². The second-order valence-electron chi connectivity index (χ2n) is 6.13. The number of nitrogens with zero attached hydrogens (tertiary/aromatic N) is 1. The van der Waals surface area contributed by atoms with Crippen LogP contribution in [0.15, 0.2) is 18.2 Å². The molecule has 21 heavy (non-hydrogen) atoms. The lowest BCUT2D eigenvalue weighted by Crippen LogP contribution is -2.45. The maximum atomic E-state index is 12.4. The van der Waals surface area contributed by atoms with Crippen molar-refractivity contribution in [2.75, 3.05) is 18.0 Å². The maximum absolute atomic E-state index is 12.4. The number of carbonyl (C=O) groups is 2. The molecule has 0 atom stereocenters. The second kappa shape index (κ2) is 5.06. The van der Waals surface area contributed by atoms with Crippen LogP contribution < -0.4 is 10.2 Å². The predicted octanol–water partition coefficient (Wildman–Crippen LogP) is 2.32. The van der Waals surface area contributed by atoms with Crippen molar-refractivity contribution in [1.29, 1.82) is 0 Å². The molecule has 0 radical (unpaired) electrons. The summed E-state index contributed by atoms with van der Waals surface area (Å²) in [4.78, 5) is 25.2. The van der Waals surface area contributed by atoms with Crippen LogP contribution in [0.3, 0.4) is 0 Å². The normalized spacial score (nSPS) is 18.8. The molecule has 2 N–H and O–H groups in total. The number of hydrogen-bond donors (Lipinski definition) is 2. The Morgan fingerprint density at radius 2 is 2.14 bits per heavy atom. The summed E-state index contributed by atoms with van der Waals surface area (Å²) in [6, 6.07) is 5.92. The average Bonchev–Trinajstić information content (AvgIpc) is 3.25. The van der Waals surface area contributed by atoms with Gasteiger partial charge in [-0.1, -0.05) is 17.7 Å². The highest BCUT2D eigenvalue weighted by Crippen LogP contribution is 2.45. The zero-order chi connectivity index (χ0) is 15.0. The predicted molar refractivity (Wildman–Crippen MR) is 79.5 cm³/mol. The number of carboxylic acid groups (broad SMARTS) is 1. The molecule has 2 amide bonds. The lowest BCUT2D eigenvalue weighted by atomic mass is 10.00. The molecule has 0 spiro atoms. The summed E-state index contributed by atoms with van der Waals surface area (Å²) >= 11 is 0. The van der Waals surface area contributed by atoms with Crippen LogP contribution in [0.1, 0.15) is 30.4 Å². The van der Waals surface area contributed by atoms with Gasteiger partial charge in [0.15, 0.2) is 0 Å². The van der Waals surface area contributed by atoms with Crippen LogP contribution in [-0.4, -0.2) is 30.2 Å². The topological polar surface area (TPSA) is 69.6 Å². The van der Waals surface area contributed by atoms with Crippen molar-refractivity contribution in [2.24, 2.45) is 5.41 Å². The first-order valence-electron chi connectivity index (χ1n) is 7.40. The van der Waals surface area contributed by atoms with Crippen LogP contribution in [0.2, 0.25) is 0 Å². The summed E-state index contributed by atoms with van der Waals surface area (Å²) in [6.45, 7) is 2.95. The highest BCUT2D eigenvalue weighted by molar-refractivity contribution is 5.93. The van der Waals surface area contributed by atoms with Gasteiger partial charge >= 0.3 is 12.0 Å². The highest BCUT2D eigenvalue weighted by Gasteiger charge is 2.50. The van der Waals surface area contributed by atoms with Crippen molar-refractivity contribution < 1.29 is 14.7 Å². The standard InChI is InChI=1S/C16H20N2O3/c1-11-4-5-13-12(9-11)3-2-8-18(13)15(21)17-10-16(6-7-16)14(19)20/h4-5,9H,2-3,6-8,10H2,1H3,(H,17,21)(H,19,20). The fourth-order valence-electron chi connectivity index (χ4n) is 2.89. The lowest BCUT2D eigenvalue weighted by molar-refractivity contribution is -0.143. The Bertz CT molecular complexity index is 593. The van der Waals surface area contributed by atoms with Crippen LogP contribution in [0.5, 0.6) is 0 Å². The molecule has 1 heterocycles. The van der Waals surface area contributed by atoms with E-state index in [2.05, 4.69) is 11.4 Å². The number of benzene rings is 1. The van der Waals surface area contributed by atoms with Gasteiger partial charge in [0, 0.05) is 18.8 Å².